The van der Waals surface area contributed by atoms with E-state index in [4.69, 9.17) is 23.2 Å². The average Bonchev–Trinajstić information content (AvgIpc) is 2.86. The van der Waals surface area contributed by atoms with Gasteiger partial charge in [-0.15, -0.1) is 5.10 Å². The Hall–Kier alpha value is -2.11. The fraction of sp³-hybridized carbons (Fsp3) is 0.0714. The molecule has 0 saturated carbocycles. The number of anilines is 1. The van der Waals surface area contributed by atoms with Gasteiger partial charge in [-0.05, 0) is 30.3 Å². The summed E-state index contributed by atoms with van der Waals surface area (Å²) in [4.78, 5) is 12.1. The van der Waals surface area contributed by atoms with E-state index in [1.807, 2.05) is 24.3 Å². The third-order valence-electron chi connectivity index (χ3n) is 2.92. The summed E-state index contributed by atoms with van der Waals surface area (Å²) in [5.41, 5.74) is 2.01. The summed E-state index contributed by atoms with van der Waals surface area (Å²) in [5, 5.41) is 11.6. The SMILES string of the molecule is O=C(Cn1nnc2ccccc21)Nc1cc(Cl)ccc1Cl. The van der Waals surface area contributed by atoms with Gasteiger partial charge >= 0.3 is 0 Å². The molecule has 7 heteroatoms. The Morgan fingerprint density at radius 1 is 1.19 bits per heavy atom. The highest BCUT2D eigenvalue weighted by Crippen LogP contribution is 2.25. The van der Waals surface area contributed by atoms with Crippen LogP contribution < -0.4 is 5.32 Å². The maximum absolute atomic E-state index is 12.1. The van der Waals surface area contributed by atoms with E-state index < -0.39 is 0 Å². The van der Waals surface area contributed by atoms with Crippen LogP contribution in [0.15, 0.2) is 42.5 Å². The van der Waals surface area contributed by atoms with Crippen LogP contribution in [0.25, 0.3) is 11.0 Å². The normalized spacial score (nSPS) is 10.8. The molecule has 0 aliphatic rings. The Labute approximate surface area is 130 Å². The summed E-state index contributed by atoms with van der Waals surface area (Å²) in [6.45, 7) is 0.0450. The zero-order chi connectivity index (χ0) is 14.8. The van der Waals surface area contributed by atoms with Gasteiger partial charge < -0.3 is 5.32 Å². The molecule has 5 nitrogen and oxygen atoms in total. The number of para-hydroxylation sites is 1. The Morgan fingerprint density at radius 3 is 2.86 bits per heavy atom. The van der Waals surface area contributed by atoms with Crippen LogP contribution in [0.1, 0.15) is 0 Å². The van der Waals surface area contributed by atoms with Crippen LogP contribution in [-0.2, 0) is 11.3 Å². The predicted molar refractivity (Wildman–Crippen MR) is 82.6 cm³/mol. The number of hydrogen-bond donors (Lipinski definition) is 1. The molecule has 3 rings (SSSR count). The van der Waals surface area contributed by atoms with Crippen molar-refractivity contribution in [3.05, 3.63) is 52.5 Å². The van der Waals surface area contributed by atoms with E-state index in [0.29, 0.717) is 15.7 Å². The van der Waals surface area contributed by atoms with E-state index in [0.717, 1.165) is 11.0 Å². The summed E-state index contributed by atoms with van der Waals surface area (Å²) in [6.07, 6.45) is 0. The van der Waals surface area contributed by atoms with E-state index in [9.17, 15) is 4.79 Å². The van der Waals surface area contributed by atoms with E-state index >= 15 is 0 Å². The molecular weight excluding hydrogens is 311 g/mol. The third-order valence-corrected chi connectivity index (χ3v) is 3.48. The molecule has 0 fully saturated rings. The molecule has 0 spiro atoms. The quantitative estimate of drug-likeness (QED) is 0.804. The molecule has 0 unspecified atom stereocenters. The number of hydrogen-bond acceptors (Lipinski definition) is 3. The second-order valence-electron chi connectivity index (χ2n) is 4.41. The molecule has 2 aromatic carbocycles. The van der Waals surface area contributed by atoms with Crippen LogP contribution in [0.5, 0.6) is 0 Å². The van der Waals surface area contributed by atoms with Crippen LogP contribution in [0.2, 0.25) is 10.0 Å². The van der Waals surface area contributed by atoms with Crippen LogP contribution >= 0.6 is 23.2 Å². The molecule has 0 saturated heterocycles. The van der Waals surface area contributed by atoms with Crippen molar-refractivity contribution in [2.45, 2.75) is 6.54 Å². The molecule has 1 N–H and O–H groups in total. The van der Waals surface area contributed by atoms with Gasteiger partial charge in [0, 0.05) is 5.02 Å². The predicted octanol–water partition coefficient (Wildman–Crippen LogP) is 3.38. The number of carbonyl (C=O) groups excluding carboxylic acids is 1. The average molecular weight is 321 g/mol. The molecule has 1 aromatic heterocycles. The lowest BCUT2D eigenvalue weighted by Gasteiger charge is -2.08. The van der Waals surface area contributed by atoms with Gasteiger partial charge in [0.1, 0.15) is 12.1 Å². The molecule has 0 atom stereocenters. The molecule has 106 valence electrons. The van der Waals surface area contributed by atoms with E-state index in [-0.39, 0.29) is 12.5 Å². The summed E-state index contributed by atoms with van der Waals surface area (Å²) < 4.78 is 1.53. The Balaban J connectivity index is 1.79. The van der Waals surface area contributed by atoms with Gasteiger partial charge in [-0.25, -0.2) is 4.68 Å². The van der Waals surface area contributed by atoms with Gasteiger partial charge in [-0.3, -0.25) is 4.79 Å². The summed E-state index contributed by atoms with van der Waals surface area (Å²) >= 11 is 11.9. The highest BCUT2D eigenvalue weighted by molar-refractivity contribution is 6.35. The molecule has 0 radical (unpaired) electrons. The number of carbonyl (C=O) groups is 1. The summed E-state index contributed by atoms with van der Waals surface area (Å²) in [6, 6.07) is 12.3. The molecular formula is C14H10Cl2N4O. The van der Waals surface area contributed by atoms with Crippen molar-refractivity contribution in [1.29, 1.82) is 0 Å². The van der Waals surface area contributed by atoms with Crippen molar-refractivity contribution < 1.29 is 4.79 Å². The minimum Gasteiger partial charge on any atom is -0.323 e. The van der Waals surface area contributed by atoms with E-state index in [2.05, 4.69) is 15.6 Å². The number of benzene rings is 2. The van der Waals surface area contributed by atoms with Gasteiger partial charge in [-0.2, -0.15) is 0 Å². The second-order valence-corrected chi connectivity index (χ2v) is 5.25. The molecule has 3 aromatic rings. The molecule has 0 bridgehead atoms. The van der Waals surface area contributed by atoms with Crippen molar-refractivity contribution in [2.24, 2.45) is 0 Å². The Morgan fingerprint density at radius 2 is 2.00 bits per heavy atom. The van der Waals surface area contributed by atoms with E-state index in [1.54, 1.807) is 18.2 Å². The molecule has 21 heavy (non-hydrogen) atoms. The highest BCUT2D eigenvalue weighted by Gasteiger charge is 2.10. The smallest absolute Gasteiger partial charge is 0.246 e. The number of amides is 1. The number of rotatable bonds is 3. The van der Waals surface area contributed by atoms with Crippen LogP contribution in [-0.4, -0.2) is 20.9 Å². The van der Waals surface area contributed by atoms with Crippen LogP contribution in [0.4, 0.5) is 5.69 Å². The van der Waals surface area contributed by atoms with Crippen molar-refractivity contribution >= 4 is 45.8 Å². The summed E-state index contributed by atoms with van der Waals surface area (Å²) in [7, 11) is 0. The van der Waals surface area contributed by atoms with Crippen LogP contribution in [0.3, 0.4) is 0 Å². The monoisotopic (exact) mass is 320 g/mol. The first-order chi connectivity index (χ1) is 10.1. The minimum atomic E-state index is -0.255. The number of aromatic nitrogens is 3. The van der Waals surface area contributed by atoms with Crippen molar-refractivity contribution in [2.75, 3.05) is 5.32 Å². The second kappa shape index (κ2) is 5.71. The molecule has 1 heterocycles. The molecule has 0 aliphatic carbocycles. The van der Waals surface area contributed by atoms with E-state index in [1.165, 1.54) is 4.68 Å². The lowest BCUT2D eigenvalue weighted by atomic mass is 10.3. The van der Waals surface area contributed by atoms with Gasteiger partial charge in [0.2, 0.25) is 5.91 Å². The molecule has 1 amide bonds. The largest absolute Gasteiger partial charge is 0.323 e. The molecule has 0 aliphatic heterocycles. The maximum atomic E-state index is 12.1. The van der Waals surface area contributed by atoms with Crippen molar-refractivity contribution in [3.63, 3.8) is 0 Å². The maximum Gasteiger partial charge on any atom is 0.246 e. The first-order valence-corrected chi connectivity index (χ1v) is 6.92. The zero-order valence-corrected chi connectivity index (χ0v) is 12.3. The summed E-state index contributed by atoms with van der Waals surface area (Å²) in [5.74, 6) is -0.255. The van der Waals surface area contributed by atoms with Crippen molar-refractivity contribution in [3.8, 4) is 0 Å². The first-order valence-electron chi connectivity index (χ1n) is 6.16. The number of halogens is 2. The van der Waals surface area contributed by atoms with Gasteiger partial charge in [0.15, 0.2) is 0 Å². The fourth-order valence-corrected chi connectivity index (χ4v) is 2.29. The van der Waals surface area contributed by atoms with Gasteiger partial charge in [0.25, 0.3) is 0 Å². The lowest BCUT2D eigenvalue weighted by Crippen LogP contribution is -2.19. The van der Waals surface area contributed by atoms with Gasteiger partial charge in [-0.1, -0.05) is 40.5 Å². The number of nitrogens with zero attached hydrogens (tertiary/aromatic N) is 3. The third kappa shape index (κ3) is 2.99. The van der Waals surface area contributed by atoms with Crippen molar-refractivity contribution in [1.82, 2.24) is 15.0 Å². The zero-order valence-electron chi connectivity index (χ0n) is 10.8. The standard InChI is InChI=1S/C14H10Cl2N4O/c15-9-5-6-10(16)12(7-9)17-14(21)8-20-13-4-2-1-3-11(13)18-19-20/h1-7H,8H2,(H,17,21). The Kier molecular flexibility index (Phi) is 3.77. The Bertz CT molecular complexity index is 816. The first kappa shape index (κ1) is 13.9. The topological polar surface area (TPSA) is 59.8 Å². The van der Waals surface area contributed by atoms with Crippen LogP contribution in [0, 0.1) is 0 Å². The minimum absolute atomic E-state index is 0.0450. The van der Waals surface area contributed by atoms with Gasteiger partial charge in [0.05, 0.1) is 16.2 Å². The highest BCUT2D eigenvalue weighted by atomic mass is 35.5. The fourth-order valence-electron chi connectivity index (χ4n) is 1.95. The number of nitrogens with one attached hydrogen (secondary N) is 1. The lowest BCUT2D eigenvalue weighted by molar-refractivity contribution is -0.116. The number of fused-ring (bicyclic) bond motifs is 1.